The topological polar surface area (TPSA) is 49.3 Å². The minimum absolute atomic E-state index is 0.0953. The van der Waals surface area contributed by atoms with Crippen molar-refractivity contribution >= 4 is 5.91 Å². The van der Waals surface area contributed by atoms with E-state index in [0.717, 1.165) is 16.7 Å². The van der Waals surface area contributed by atoms with E-state index in [9.17, 15) is 9.90 Å². The van der Waals surface area contributed by atoms with Crippen LogP contribution in [0.5, 0.6) is 0 Å². The number of amides is 1. The summed E-state index contributed by atoms with van der Waals surface area (Å²) in [6, 6.07) is 15.3. The fourth-order valence-corrected chi connectivity index (χ4v) is 2.37. The van der Waals surface area contributed by atoms with Gasteiger partial charge >= 0.3 is 0 Å². The Morgan fingerprint density at radius 3 is 2.33 bits per heavy atom. The van der Waals surface area contributed by atoms with Crippen LogP contribution in [0.25, 0.3) is 0 Å². The Balaban J connectivity index is 1.87. The molecule has 21 heavy (non-hydrogen) atoms. The van der Waals surface area contributed by atoms with Crippen molar-refractivity contribution in [2.45, 2.75) is 26.4 Å². The number of carbonyl (C=O) groups excluding carboxylic acids is 1. The molecule has 110 valence electrons. The van der Waals surface area contributed by atoms with Crippen molar-refractivity contribution in [1.29, 1.82) is 0 Å². The number of aryl methyl sites for hydroxylation is 2. The molecule has 3 nitrogen and oxygen atoms in total. The lowest BCUT2D eigenvalue weighted by Gasteiger charge is -2.12. The van der Waals surface area contributed by atoms with E-state index in [1.165, 1.54) is 0 Å². The first kappa shape index (κ1) is 15.3. The van der Waals surface area contributed by atoms with Crippen LogP contribution < -0.4 is 5.32 Å². The molecule has 0 aliphatic heterocycles. The second kappa shape index (κ2) is 7.04. The van der Waals surface area contributed by atoms with Crippen LogP contribution in [0.15, 0.2) is 48.5 Å². The smallest absolute Gasteiger partial charge is 0.251 e. The zero-order valence-electron chi connectivity index (χ0n) is 12.5. The summed E-state index contributed by atoms with van der Waals surface area (Å²) in [7, 11) is 0. The van der Waals surface area contributed by atoms with Crippen molar-refractivity contribution in [3.63, 3.8) is 0 Å². The van der Waals surface area contributed by atoms with E-state index in [1.54, 1.807) is 0 Å². The van der Waals surface area contributed by atoms with Crippen LogP contribution in [0.4, 0.5) is 0 Å². The number of nitrogens with one attached hydrogen (secondary N) is 1. The fourth-order valence-electron chi connectivity index (χ4n) is 2.37. The van der Waals surface area contributed by atoms with Crippen molar-refractivity contribution in [3.05, 3.63) is 70.8 Å². The summed E-state index contributed by atoms with van der Waals surface area (Å²) < 4.78 is 0. The Kier molecular flexibility index (Phi) is 5.12. The Hall–Kier alpha value is -2.13. The normalized spacial score (nSPS) is 12.0. The Morgan fingerprint density at radius 1 is 1.10 bits per heavy atom. The first-order chi connectivity index (χ1) is 10.1. The van der Waals surface area contributed by atoms with Gasteiger partial charge in [-0.05, 0) is 38.0 Å². The van der Waals surface area contributed by atoms with Crippen LogP contribution in [0.3, 0.4) is 0 Å². The molecule has 1 atom stereocenters. The first-order valence-corrected chi connectivity index (χ1v) is 7.16. The van der Waals surface area contributed by atoms with E-state index in [-0.39, 0.29) is 5.91 Å². The van der Waals surface area contributed by atoms with Crippen LogP contribution in [-0.4, -0.2) is 17.6 Å². The van der Waals surface area contributed by atoms with Crippen molar-refractivity contribution < 1.29 is 9.90 Å². The summed E-state index contributed by atoms with van der Waals surface area (Å²) in [6.45, 7) is 4.40. The maximum absolute atomic E-state index is 12.1. The highest BCUT2D eigenvalue weighted by Crippen LogP contribution is 2.15. The Morgan fingerprint density at radius 2 is 1.71 bits per heavy atom. The lowest BCUT2D eigenvalue weighted by atomic mass is 10.1. The third-order valence-corrected chi connectivity index (χ3v) is 3.37. The van der Waals surface area contributed by atoms with Gasteiger partial charge in [-0.3, -0.25) is 4.79 Å². The molecule has 0 saturated carbocycles. The van der Waals surface area contributed by atoms with Crippen molar-refractivity contribution in [1.82, 2.24) is 5.32 Å². The van der Waals surface area contributed by atoms with Crippen LogP contribution >= 0.6 is 0 Å². The van der Waals surface area contributed by atoms with Gasteiger partial charge in [0.05, 0.1) is 6.10 Å². The number of benzene rings is 2. The molecule has 0 aliphatic rings. The molecule has 0 heterocycles. The summed E-state index contributed by atoms with van der Waals surface area (Å²) in [5.41, 5.74) is 3.69. The summed E-state index contributed by atoms with van der Waals surface area (Å²) in [4.78, 5) is 12.1. The third kappa shape index (κ3) is 4.43. The molecule has 1 unspecified atom stereocenters. The molecule has 1 amide bonds. The number of hydrogen-bond donors (Lipinski definition) is 2. The van der Waals surface area contributed by atoms with Crippen molar-refractivity contribution in [2.24, 2.45) is 0 Å². The monoisotopic (exact) mass is 283 g/mol. The molecule has 0 saturated heterocycles. The Bertz CT molecular complexity index is 588. The zero-order chi connectivity index (χ0) is 15.2. The SMILES string of the molecule is Cc1cc(C)cc(C(=O)NCCC(O)c2ccccc2)c1. The summed E-state index contributed by atoms with van der Waals surface area (Å²) in [5, 5.41) is 12.9. The number of aliphatic hydroxyl groups excluding tert-OH is 1. The van der Waals surface area contributed by atoms with Crippen molar-refractivity contribution in [3.8, 4) is 0 Å². The molecule has 2 aromatic carbocycles. The number of carbonyl (C=O) groups is 1. The largest absolute Gasteiger partial charge is 0.388 e. The van der Waals surface area contributed by atoms with Gasteiger partial charge in [0, 0.05) is 12.1 Å². The average Bonchev–Trinajstić information content (AvgIpc) is 2.47. The summed E-state index contributed by atoms with van der Waals surface area (Å²) in [6.07, 6.45) is -0.0497. The van der Waals surface area contributed by atoms with Gasteiger partial charge in [0.15, 0.2) is 0 Å². The molecule has 2 aromatic rings. The number of hydrogen-bond acceptors (Lipinski definition) is 2. The van der Waals surface area contributed by atoms with Gasteiger partial charge in [0.1, 0.15) is 0 Å². The standard InChI is InChI=1S/C18H21NO2/c1-13-10-14(2)12-16(11-13)18(21)19-9-8-17(20)15-6-4-3-5-7-15/h3-7,10-12,17,20H,8-9H2,1-2H3,(H,19,21). The van der Waals surface area contributed by atoms with Crippen LogP contribution in [0, 0.1) is 13.8 Å². The molecular formula is C18H21NO2. The minimum Gasteiger partial charge on any atom is -0.388 e. The maximum Gasteiger partial charge on any atom is 0.251 e. The quantitative estimate of drug-likeness (QED) is 0.885. The fraction of sp³-hybridized carbons (Fsp3) is 0.278. The highest BCUT2D eigenvalue weighted by Gasteiger charge is 2.09. The van der Waals surface area contributed by atoms with E-state index in [1.807, 2.05) is 62.4 Å². The minimum atomic E-state index is -0.550. The number of rotatable bonds is 5. The van der Waals surface area contributed by atoms with Gasteiger partial charge < -0.3 is 10.4 Å². The molecule has 3 heteroatoms. The molecule has 2 N–H and O–H groups in total. The molecule has 0 spiro atoms. The van der Waals surface area contributed by atoms with E-state index in [0.29, 0.717) is 18.5 Å². The number of aliphatic hydroxyl groups is 1. The van der Waals surface area contributed by atoms with Gasteiger partial charge in [-0.2, -0.15) is 0 Å². The zero-order valence-corrected chi connectivity index (χ0v) is 12.5. The van der Waals surface area contributed by atoms with Gasteiger partial charge in [0.2, 0.25) is 0 Å². The highest BCUT2D eigenvalue weighted by molar-refractivity contribution is 5.94. The van der Waals surface area contributed by atoms with Gasteiger partial charge in [-0.25, -0.2) is 0 Å². The molecule has 0 bridgehead atoms. The van der Waals surface area contributed by atoms with Crippen LogP contribution in [-0.2, 0) is 0 Å². The van der Waals surface area contributed by atoms with E-state index in [2.05, 4.69) is 5.32 Å². The molecule has 0 radical (unpaired) electrons. The van der Waals surface area contributed by atoms with Crippen LogP contribution in [0.1, 0.15) is 39.6 Å². The van der Waals surface area contributed by atoms with E-state index < -0.39 is 6.10 Å². The first-order valence-electron chi connectivity index (χ1n) is 7.16. The third-order valence-electron chi connectivity index (χ3n) is 3.37. The van der Waals surface area contributed by atoms with Gasteiger partial charge in [-0.15, -0.1) is 0 Å². The van der Waals surface area contributed by atoms with E-state index >= 15 is 0 Å². The predicted octanol–water partition coefficient (Wildman–Crippen LogP) is 3.16. The lowest BCUT2D eigenvalue weighted by molar-refractivity contribution is 0.0942. The molecule has 0 aliphatic carbocycles. The Labute approximate surface area is 125 Å². The van der Waals surface area contributed by atoms with Crippen LogP contribution in [0.2, 0.25) is 0 Å². The highest BCUT2D eigenvalue weighted by atomic mass is 16.3. The molecule has 0 fully saturated rings. The lowest BCUT2D eigenvalue weighted by Crippen LogP contribution is -2.25. The van der Waals surface area contributed by atoms with E-state index in [4.69, 9.17) is 0 Å². The molecule has 2 rings (SSSR count). The second-order valence-corrected chi connectivity index (χ2v) is 5.35. The molecule has 0 aromatic heterocycles. The molecular weight excluding hydrogens is 262 g/mol. The van der Waals surface area contributed by atoms with Gasteiger partial charge in [0.25, 0.3) is 5.91 Å². The van der Waals surface area contributed by atoms with Gasteiger partial charge in [-0.1, -0.05) is 47.5 Å². The maximum atomic E-state index is 12.1. The van der Waals surface area contributed by atoms with Crippen molar-refractivity contribution in [2.75, 3.05) is 6.54 Å². The summed E-state index contributed by atoms with van der Waals surface area (Å²) >= 11 is 0. The summed E-state index contributed by atoms with van der Waals surface area (Å²) in [5.74, 6) is -0.0953. The second-order valence-electron chi connectivity index (χ2n) is 5.35. The average molecular weight is 283 g/mol. The predicted molar refractivity (Wildman–Crippen MR) is 84.3 cm³/mol.